The average Bonchev–Trinajstić information content (AvgIpc) is 3.29. The van der Waals surface area contributed by atoms with Crippen LogP contribution in [0.5, 0.6) is 0 Å². The summed E-state index contributed by atoms with van der Waals surface area (Å²) in [7, 11) is -4.46. The average molecular weight is 972 g/mol. The van der Waals surface area contributed by atoms with E-state index in [1.54, 1.807) is 127 Å². The number of carbonyl (C=O) groups excluding carboxylic acids is 5. The number of ketones is 1. The van der Waals surface area contributed by atoms with E-state index in [0.29, 0.717) is 16.7 Å². The third-order valence-corrected chi connectivity index (χ3v) is 20.7. The van der Waals surface area contributed by atoms with E-state index in [1.165, 1.54) is 6.92 Å². The summed E-state index contributed by atoms with van der Waals surface area (Å²) < 4.78 is 44.8. The van der Waals surface area contributed by atoms with Gasteiger partial charge in [-0.25, -0.2) is 4.79 Å². The molecule has 0 spiro atoms. The molecule has 17 heteroatoms. The zero-order valence-corrected chi connectivity index (χ0v) is 42.7. The molecule has 11 atom stereocenters. The first-order valence-electron chi connectivity index (χ1n) is 23.1. The Labute approximate surface area is 400 Å². The number of hydrogen-bond acceptors (Lipinski definition) is 14. The number of amides is 1. The number of rotatable bonds is 14. The van der Waals surface area contributed by atoms with Crippen molar-refractivity contribution in [1.82, 2.24) is 5.32 Å². The second-order valence-corrected chi connectivity index (χ2v) is 27.4. The molecule has 366 valence electrons. The van der Waals surface area contributed by atoms with E-state index in [0.717, 1.165) is 0 Å². The molecule has 3 aliphatic carbocycles. The summed E-state index contributed by atoms with van der Waals surface area (Å²) in [5, 5.41) is 29.8. The highest BCUT2D eigenvalue weighted by Crippen LogP contribution is 2.65. The van der Waals surface area contributed by atoms with Crippen molar-refractivity contribution in [3.63, 3.8) is 0 Å². The second-order valence-electron chi connectivity index (χ2n) is 20.3. The van der Waals surface area contributed by atoms with Crippen LogP contribution in [0, 0.1) is 22.7 Å². The summed E-state index contributed by atoms with van der Waals surface area (Å²) in [5.74, 6) is -5.95. The summed E-state index contributed by atoms with van der Waals surface area (Å²) in [6.07, 6.45) is -7.38. The van der Waals surface area contributed by atoms with E-state index in [-0.39, 0.29) is 24.2 Å². The molecule has 3 N–H and O–H groups in total. The van der Waals surface area contributed by atoms with Gasteiger partial charge >= 0.3 is 35.0 Å². The molecule has 2 saturated carbocycles. The van der Waals surface area contributed by atoms with Gasteiger partial charge < -0.3 is 47.4 Å². The van der Waals surface area contributed by atoms with E-state index < -0.39 is 124 Å². The van der Waals surface area contributed by atoms with Crippen molar-refractivity contribution in [3.8, 4) is 0 Å². The molecule has 68 heavy (non-hydrogen) atoms. The number of nitrogens with one attached hydrogen (secondary N) is 1. The van der Waals surface area contributed by atoms with Gasteiger partial charge in [0, 0.05) is 37.9 Å². The first-order chi connectivity index (χ1) is 31.8. The molecule has 0 aromatic heterocycles. The second kappa shape index (κ2) is 18.8. The summed E-state index contributed by atoms with van der Waals surface area (Å²) in [5.41, 5.74) is -5.92. The number of esters is 3. The van der Waals surface area contributed by atoms with Gasteiger partial charge in [0.05, 0.1) is 41.6 Å². The Bertz CT molecular complexity index is 2430. The number of benzene rings is 3. The number of ether oxygens (including phenoxy) is 4. The zero-order chi connectivity index (χ0) is 49.8. The van der Waals surface area contributed by atoms with Gasteiger partial charge in [-0.3, -0.25) is 19.2 Å². The minimum atomic E-state index is -3.26. The molecule has 15 nitrogen and oxygen atoms in total. The number of Topliss-reactive ketones (excluding diaryl/α,β-unsaturated/α-hetero) is 1. The Hall–Kier alpha value is -4.86. The van der Waals surface area contributed by atoms with Gasteiger partial charge in [0.1, 0.15) is 30.0 Å². The molecule has 7 rings (SSSR count). The van der Waals surface area contributed by atoms with Crippen LogP contribution in [0.25, 0.3) is 0 Å². The Morgan fingerprint density at radius 3 is 1.97 bits per heavy atom. The maximum Gasteiger partial charge on any atom is 0.338 e. The van der Waals surface area contributed by atoms with Gasteiger partial charge in [-0.15, -0.1) is 0 Å². The van der Waals surface area contributed by atoms with Gasteiger partial charge in [0.15, 0.2) is 11.4 Å². The molecule has 3 aromatic carbocycles. The van der Waals surface area contributed by atoms with Gasteiger partial charge in [0.25, 0.3) is 5.91 Å². The third-order valence-electron chi connectivity index (χ3n) is 14.9. The standard InChI is InChI=1S/C51H65NO14Si2/c1-30-36(62-46(57)31(2)40(33-21-15-12-16-22-33)52-45(56)34-23-17-13-18-24-34)28-51(59)44(63-47(58)35-25-19-14-20-26-35)42-49(6,43(55)41(54)39(30)48(51,4)5)37(65-68(10,11)66-67(8,9)60-7)27-38-50(42,29-61-38)64-32(3)53/h12-26,31,36-38,40-42,44,54,59H,27-29H2,1-11H3,(H,52,56)/t31-,36+,37+,38-,40-,41-,42+,44+,49-,50+,51-/m1/s1. The van der Waals surface area contributed by atoms with E-state index in [2.05, 4.69) is 5.32 Å². The zero-order valence-electron chi connectivity index (χ0n) is 40.7. The van der Waals surface area contributed by atoms with Crippen molar-refractivity contribution < 1.29 is 66.1 Å². The lowest BCUT2D eigenvalue weighted by Gasteiger charge is -2.68. The first-order valence-corrected chi connectivity index (χ1v) is 28.7. The Morgan fingerprint density at radius 2 is 1.43 bits per heavy atom. The van der Waals surface area contributed by atoms with E-state index in [1.807, 2.05) is 32.3 Å². The normalized spacial score (nSPS) is 30.8. The molecule has 1 aliphatic heterocycles. The van der Waals surface area contributed by atoms with Crippen molar-refractivity contribution in [2.45, 2.75) is 128 Å². The topological polar surface area (TPSA) is 202 Å². The fourth-order valence-electron chi connectivity index (χ4n) is 11.3. The lowest BCUT2D eigenvalue weighted by atomic mass is 9.44. The molecule has 0 radical (unpaired) electrons. The van der Waals surface area contributed by atoms with Crippen LogP contribution in [0.1, 0.15) is 86.7 Å². The molecule has 2 bridgehead atoms. The molecule has 4 aliphatic rings. The maximum atomic E-state index is 15.9. The molecule has 1 heterocycles. The number of fused-ring (bicyclic) bond motifs is 5. The number of aliphatic hydroxyl groups excluding tert-OH is 1. The van der Waals surface area contributed by atoms with Gasteiger partial charge in [0.2, 0.25) is 0 Å². The minimum absolute atomic E-state index is 0.00815. The number of carbonyl (C=O) groups is 5. The fraction of sp³-hybridized carbons (Fsp3) is 0.510. The van der Waals surface area contributed by atoms with Crippen molar-refractivity contribution in [1.29, 1.82) is 0 Å². The van der Waals surface area contributed by atoms with Crippen molar-refractivity contribution in [2.24, 2.45) is 22.7 Å². The minimum Gasteiger partial charge on any atom is -0.457 e. The van der Waals surface area contributed by atoms with Crippen molar-refractivity contribution in [2.75, 3.05) is 13.7 Å². The molecule has 1 saturated heterocycles. The predicted molar refractivity (Wildman–Crippen MR) is 253 cm³/mol. The van der Waals surface area contributed by atoms with Crippen molar-refractivity contribution >= 4 is 46.7 Å². The highest BCUT2D eigenvalue weighted by molar-refractivity contribution is 6.78. The lowest BCUT2D eigenvalue weighted by Crippen LogP contribution is -2.82. The van der Waals surface area contributed by atoms with Crippen LogP contribution in [-0.2, 0) is 46.3 Å². The summed E-state index contributed by atoms with van der Waals surface area (Å²) in [6, 6.07) is 24.8. The highest BCUT2D eigenvalue weighted by Gasteiger charge is 2.78. The van der Waals surface area contributed by atoms with Crippen LogP contribution in [0.3, 0.4) is 0 Å². The van der Waals surface area contributed by atoms with Gasteiger partial charge in [-0.05, 0) is 87.9 Å². The summed E-state index contributed by atoms with van der Waals surface area (Å²) in [6.45, 7) is 16.5. The molecule has 3 aromatic rings. The molecular weight excluding hydrogens is 907 g/mol. The summed E-state index contributed by atoms with van der Waals surface area (Å²) >= 11 is 0. The van der Waals surface area contributed by atoms with Crippen LogP contribution in [0.2, 0.25) is 26.2 Å². The van der Waals surface area contributed by atoms with Crippen LogP contribution >= 0.6 is 0 Å². The van der Waals surface area contributed by atoms with E-state index in [9.17, 15) is 29.4 Å². The predicted octanol–water partition coefficient (Wildman–Crippen LogP) is 6.53. The Kier molecular flexibility index (Phi) is 14.1. The third kappa shape index (κ3) is 9.07. The number of hydrogen-bond donors (Lipinski definition) is 3. The van der Waals surface area contributed by atoms with Crippen LogP contribution in [0.15, 0.2) is 102 Å². The molecule has 0 unspecified atom stereocenters. The van der Waals surface area contributed by atoms with Gasteiger partial charge in [-0.2, -0.15) is 0 Å². The van der Waals surface area contributed by atoms with Crippen LogP contribution in [0.4, 0.5) is 0 Å². The Balaban J connectivity index is 1.39. The van der Waals surface area contributed by atoms with Crippen molar-refractivity contribution in [3.05, 3.63) is 119 Å². The van der Waals surface area contributed by atoms with Crippen LogP contribution in [-0.4, -0.2) is 112 Å². The molecule has 3 fully saturated rings. The van der Waals surface area contributed by atoms with Gasteiger partial charge in [-0.1, -0.05) is 80.6 Å². The maximum absolute atomic E-state index is 15.9. The lowest BCUT2D eigenvalue weighted by molar-refractivity contribution is -0.345. The quantitative estimate of drug-likeness (QED) is 0.0681. The highest BCUT2D eigenvalue weighted by atomic mass is 28.5. The van der Waals surface area contributed by atoms with Crippen LogP contribution < -0.4 is 5.32 Å². The Morgan fingerprint density at radius 1 is 0.853 bits per heavy atom. The SMILES string of the molecule is CO[Si](C)(C)O[Si](C)(C)O[C@H]1C[C@H]2OC[C@@]2(OC(C)=O)[C@H]2[C@H](OC(=O)c3ccccc3)[C@]3(O)C[C@H](OC(=O)[C@H](C)[C@@H](NC(=O)c4ccccc4)c4ccccc4)C(C)=C([C@@H](O)C(=O)[C@]12C)C3(C)C. The first kappa shape index (κ1) is 51.0. The largest absolute Gasteiger partial charge is 0.457 e. The van der Waals surface area contributed by atoms with E-state index in [4.69, 9.17) is 31.9 Å². The fourth-order valence-corrected chi connectivity index (χ4v) is 17.6. The number of aliphatic hydroxyl groups is 2. The molecule has 1 amide bonds. The summed E-state index contributed by atoms with van der Waals surface area (Å²) in [4.78, 5) is 72.1. The monoisotopic (exact) mass is 971 g/mol. The molecular formula is C51H65NO14Si2. The smallest absolute Gasteiger partial charge is 0.338 e. The van der Waals surface area contributed by atoms with E-state index >= 15 is 4.79 Å².